The highest BCUT2D eigenvalue weighted by Gasteiger charge is 2.99. The highest BCUT2D eigenvalue weighted by Crippen LogP contribution is 2.73. The number of aliphatic hydroxyl groups is 3. The Morgan fingerprint density at radius 2 is 1.56 bits per heavy atom. The van der Waals surface area contributed by atoms with Crippen LogP contribution in [0.1, 0.15) is 12.8 Å². The van der Waals surface area contributed by atoms with Crippen LogP contribution in [0.4, 0.5) is 0 Å². The number of epoxide rings is 2. The van der Waals surface area contributed by atoms with Crippen LogP contribution >= 0.6 is 0 Å². The zero-order valence-electron chi connectivity index (χ0n) is 14.2. The molecule has 5 aliphatic rings. The number of fused-ring (bicyclic) bond motifs is 2. The van der Waals surface area contributed by atoms with Crippen molar-refractivity contribution in [1.29, 1.82) is 0 Å². The second-order valence-corrected chi connectivity index (χ2v) is 8.19. The van der Waals surface area contributed by atoms with E-state index in [9.17, 15) is 15.3 Å². The largest absolute Gasteiger partial charge is 0.446 e. The average Bonchev–Trinajstić information content (AvgIpc) is 3.57. The van der Waals surface area contributed by atoms with Gasteiger partial charge >= 0.3 is 5.79 Å². The van der Waals surface area contributed by atoms with Crippen molar-refractivity contribution in [3.63, 3.8) is 0 Å². The molecule has 1 unspecified atom stereocenters. The smallest absolute Gasteiger partial charge is 0.315 e. The van der Waals surface area contributed by atoms with Crippen molar-refractivity contribution in [2.45, 2.75) is 60.4 Å². The molecule has 2 aromatic rings. The van der Waals surface area contributed by atoms with Gasteiger partial charge in [-0.05, 0) is 30.4 Å². The van der Waals surface area contributed by atoms with Crippen LogP contribution in [0.2, 0.25) is 0 Å². The molecule has 2 saturated carbocycles. The summed E-state index contributed by atoms with van der Waals surface area (Å²) < 4.78 is 24.7. The topological polar surface area (TPSA) is 104 Å². The van der Waals surface area contributed by atoms with Gasteiger partial charge in [-0.1, -0.05) is 24.3 Å². The minimum Gasteiger partial charge on any atom is -0.446 e. The SMILES string of the molecule is OC1CC[C@@H](O)[C@]23O[C@]12C1(Oc2cccc4cccc(c24)O1)[C@H]1O[C@H]1[C@H]3O. The highest BCUT2D eigenvalue weighted by molar-refractivity contribution is 5.94. The Bertz CT molecular complexity index is 966. The maximum Gasteiger partial charge on any atom is 0.315 e. The van der Waals surface area contributed by atoms with Crippen LogP contribution < -0.4 is 9.47 Å². The van der Waals surface area contributed by atoms with E-state index in [4.69, 9.17) is 18.9 Å². The van der Waals surface area contributed by atoms with E-state index in [0.717, 1.165) is 10.8 Å². The van der Waals surface area contributed by atoms with Crippen LogP contribution in [0.15, 0.2) is 36.4 Å². The molecule has 7 atom stereocenters. The van der Waals surface area contributed by atoms with E-state index in [0.29, 0.717) is 24.3 Å². The number of ether oxygens (including phenoxy) is 4. The number of benzene rings is 2. The van der Waals surface area contributed by atoms with Crippen molar-refractivity contribution in [3.8, 4) is 11.5 Å². The van der Waals surface area contributed by atoms with Gasteiger partial charge in [0, 0.05) is 0 Å². The molecule has 7 nitrogen and oxygen atoms in total. The summed E-state index contributed by atoms with van der Waals surface area (Å²) >= 11 is 0. The van der Waals surface area contributed by atoms with Crippen molar-refractivity contribution >= 4 is 10.8 Å². The third-order valence-corrected chi connectivity index (χ3v) is 7.07. The molecule has 0 radical (unpaired) electrons. The standard InChI is InChI=1S/C20H18O7/c21-12-7-8-13(22)19-18(12,27-19)16(23)15-17(24-15)20(19)25-10-5-1-3-9-4-2-6-11(26-20)14(9)10/h1-6,12-13,15-17,21-23H,7-8H2/t12-,13?,15+,16-,17+,18-,19-/m1/s1. The molecule has 1 spiro atoms. The maximum atomic E-state index is 11.0. The molecule has 7 rings (SSSR count). The predicted octanol–water partition coefficient (Wildman–Crippen LogP) is 0.473. The van der Waals surface area contributed by atoms with Crippen LogP contribution in [0.5, 0.6) is 11.5 Å². The van der Waals surface area contributed by atoms with Crippen molar-refractivity contribution in [1.82, 2.24) is 0 Å². The quantitative estimate of drug-likeness (QED) is 0.579. The first-order valence-electron chi connectivity index (χ1n) is 9.35. The molecule has 0 bridgehead atoms. The minimum atomic E-state index is -1.46. The summed E-state index contributed by atoms with van der Waals surface area (Å²) in [6.45, 7) is 0. The van der Waals surface area contributed by atoms with Crippen molar-refractivity contribution in [2.75, 3.05) is 0 Å². The second kappa shape index (κ2) is 4.24. The summed E-state index contributed by atoms with van der Waals surface area (Å²) in [6, 6.07) is 11.4. The zero-order chi connectivity index (χ0) is 18.2. The molecule has 0 amide bonds. The van der Waals surface area contributed by atoms with Crippen LogP contribution in [0, 0.1) is 0 Å². The fourth-order valence-electron chi connectivity index (χ4n) is 5.85. The number of hydrogen-bond acceptors (Lipinski definition) is 7. The molecule has 27 heavy (non-hydrogen) atoms. The fourth-order valence-corrected chi connectivity index (χ4v) is 5.85. The maximum absolute atomic E-state index is 11.0. The summed E-state index contributed by atoms with van der Waals surface area (Å²) in [5.41, 5.74) is -2.73. The summed E-state index contributed by atoms with van der Waals surface area (Å²) in [6.07, 6.45) is -3.43. The zero-order valence-corrected chi connectivity index (χ0v) is 14.2. The number of hydrogen-bond donors (Lipinski definition) is 3. The lowest BCUT2D eigenvalue weighted by molar-refractivity contribution is -0.220. The van der Waals surface area contributed by atoms with Gasteiger partial charge < -0.3 is 34.3 Å². The molecule has 3 N–H and O–H groups in total. The Hall–Kier alpha value is -1.90. The monoisotopic (exact) mass is 370 g/mol. The summed E-state index contributed by atoms with van der Waals surface area (Å²) in [5.74, 6) is -0.225. The number of rotatable bonds is 0. The molecule has 3 heterocycles. The van der Waals surface area contributed by atoms with Gasteiger partial charge in [-0.3, -0.25) is 0 Å². The van der Waals surface area contributed by atoms with Crippen LogP contribution in [0.25, 0.3) is 10.8 Å². The van der Waals surface area contributed by atoms with E-state index in [1.54, 1.807) is 0 Å². The van der Waals surface area contributed by atoms with Crippen molar-refractivity contribution in [2.24, 2.45) is 0 Å². The summed E-state index contributed by atoms with van der Waals surface area (Å²) in [4.78, 5) is 0. The highest BCUT2D eigenvalue weighted by atomic mass is 16.8. The molecular weight excluding hydrogens is 352 g/mol. The third-order valence-electron chi connectivity index (χ3n) is 7.07. The van der Waals surface area contributed by atoms with Gasteiger partial charge in [0.15, 0.2) is 11.7 Å². The van der Waals surface area contributed by atoms with E-state index >= 15 is 0 Å². The normalized spacial score (nSPS) is 47.3. The minimum absolute atomic E-state index is 0.327. The Balaban J connectivity index is 1.48. The van der Waals surface area contributed by atoms with Crippen LogP contribution in [0.3, 0.4) is 0 Å². The van der Waals surface area contributed by atoms with Gasteiger partial charge in [-0.15, -0.1) is 0 Å². The molecule has 4 fully saturated rings. The van der Waals surface area contributed by atoms with Crippen LogP contribution in [-0.4, -0.2) is 62.8 Å². The average molecular weight is 370 g/mol. The summed E-state index contributed by atoms with van der Waals surface area (Å²) in [5, 5.41) is 34.4. The predicted molar refractivity (Wildman–Crippen MR) is 90.4 cm³/mol. The Morgan fingerprint density at radius 3 is 2.26 bits per heavy atom. The molecule has 3 aliphatic heterocycles. The molecule has 2 aromatic carbocycles. The first-order chi connectivity index (χ1) is 13.1. The van der Waals surface area contributed by atoms with Gasteiger partial charge in [-0.2, -0.15) is 0 Å². The molecule has 0 aromatic heterocycles. The van der Waals surface area contributed by atoms with E-state index in [2.05, 4.69) is 0 Å². The Morgan fingerprint density at radius 1 is 0.889 bits per heavy atom. The molecular formula is C20H18O7. The van der Waals surface area contributed by atoms with Crippen molar-refractivity contribution in [3.05, 3.63) is 36.4 Å². The Kier molecular flexibility index (Phi) is 2.36. The van der Waals surface area contributed by atoms with Gasteiger partial charge in [-0.25, -0.2) is 0 Å². The van der Waals surface area contributed by atoms with Crippen molar-refractivity contribution < 1.29 is 34.3 Å². The molecule has 2 saturated heterocycles. The van der Waals surface area contributed by atoms with E-state index < -0.39 is 47.5 Å². The van der Waals surface area contributed by atoms with Gasteiger partial charge in [0.1, 0.15) is 23.7 Å². The first kappa shape index (κ1) is 15.1. The lowest BCUT2D eigenvalue weighted by Crippen LogP contribution is -2.75. The lowest BCUT2D eigenvalue weighted by Gasteiger charge is -2.48. The van der Waals surface area contributed by atoms with Gasteiger partial charge in [0.25, 0.3) is 0 Å². The molecule has 2 aliphatic carbocycles. The summed E-state index contributed by atoms with van der Waals surface area (Å²) in [7, 11) is 0. The van der Waals surface area contributed by atoms with Crippen LogP contribution in [-0.2, 0) is 9.47 Å². The second-order valence-electron chi connectivity index (χ2n) is 8.19. The van der Waals surface area contributed by atoms with Gasteiger partial charge in [0.05, 0.1) is 17.6 Å². The van der Waals surface area contributed by atoms with E-state index in [-0.39, 0.29) is 0 Å². The van der Waals surface area contributed by atoms with E-state index in [1.165, 1.54) is 0 Å². The Labute approximate surface area is 154 Å². The fraction of sp³-hybridized carbons (Fsp3) is 0.500. The molecule has 7 heteroatoms. The first-order valence-corrected chi connectivity index (χ1v) is 9.35. The molecule has 140 valence electrons. The van der Waals surface area contributed by atoms with E-state index in [1.807, 2.05) is 36.4 Å². The van der Waals surface area contributed by atoms with Gasteiger partial charge in [0.2, 0.25) is 5.60 Å². The third kappa shape index (κ3) is 1.36. The lowest BCUT2D eigenvalue weighted by atomic mass is 9.63. The number of aliphatic hydroxyl groups excluding tert-OH is 3.